The van der Waals surface area contributed by atoms with Gasteiger partial charge < -0.3 is 4.74 Å². The van der Waals surface area contributed by atoms with Gasteiger partial charge in [-0.25, -0.2) is 0 Å². The number of rotatable bonds is 6. The highest BCUT2D eigenvalue weighted by molar-refractivity contribution is 5.89. The summed E-state index contributed by atoms with van der Waals surface area (Å²) in [5, 5.41) is 9.64. The quantitative estimate of drug-likeness (QED) is 0.859. The number of benzene rings is 1. The molecule has 6 nitrogen and oxygen atoms in total. The molecule has 1 fully saturated rings. The van der Waals surface area contributed by atoms with Crippen LogP contribution in [0.3, 0.4) is 0 Å². The number of hydrogen-bond acceptors (Lipinski definition) is 4. The Morgan fingerprint density at radius 2 is 2.23 bits per heavy atom. The van der Waals surface area contributed by atoms with Gasteiger partial charge in [0.05, 0.1) is 12.7 Å². The summed E-state index contributed by atoms with van der Waals surface area (Å²) in [6.07, 6.45) is 3.00. The molecule has 3 rings (SSSR count). The highest BCUT2D eigenvalue weighted by Gasteiger charge is 2.29. The largest absolute Gasteiger partial charge is 0.496 e. The molecule has 1 atom stereocenters. The molecule has 1 aliphatic rings. The Hall–Kier alpha value is -2.37. The van der Waals surface area contributed by atoms with Gasteiger partial charge in [-0.1, -0.05) is 19.1 Å². The summed E-state index contributed by atoms with van der Waals surface area (Å²) < 4.78 is 5.30. The molecule has 0 spiro atoms. The van der Waals surface area contributed by atoms with Gasteiger partial charge in [0.25, 0.3) is 0 Å². The Bertz CT molecular complexity index is 664. The summed E-state index contributed by atoms with van der Waals surface area (Å²) in [5.41, 5.74) is 0.810. The molecular weight excluding hydrogens is 280 g/mol. The average molecular weight is 300 g/mol. The van der Waals surface area contributed by atoms with Crippen molar-refractivity contribution in [3.63, 3.8) is 0 Å². The van der Waals surface area contributed by atoms with Gasteiger partial charge in [0, 0.05) is 6.42 Å². The van der Waals surface area contributed by atoms with Gasteiger partial charge in [-0.2, -0.15) is 4.98 Å². The van der Waals surface area contributed by atoms with E-state index in [1.807, 2.05) is 24.3 Å². The number of amides is 1. The van der Waals surface area contributed by atoms with Crippen LogP contribution in [0.25, 0.3) is 11.4 Å². The Morgan fingerprint density at radius 3 is 2.95 bits per heavy atom. The minimum atomic E-state index is -0.0371. The first-order valence-electron chi connectivity index (χ1n) is 7.53. The third-order valence-corrected chi connectivity index (χ3v) is 4.03. The second-order valence-corrected chi connectivity index (χ2v) is 5.77. The van der Waals surface area contributed by atoms with E-state index in [0.29, 0.717) is 35.8 Å². The Kier molecular flexibility index (Phi) is 4.09. The lowest BCUT2D eigenvalue weighted by molar-refractivity contribution is -0.117. The SMILES string of the molecule is COc1ccccc1-c1nc(NC(=O)CC(C)C2CC2)n[nH]1. The first kappa shape index (κ1) is 14.6. The second-order valence-electron chi connectivity index (χ2n) is 5.77. The molecule has 1 aromatic heterocycles. The van der Waals surface area contributed by atoms with Crippen LogP contribution in [0.5, 0.6) is 5.75 Å². The smallest absolute Gasteiger partial charge is 0.249 e. The minimum absolute atomic E-state index is 0.0371. The minimum Gasteiger partial charge on any atom is -0.496 e. The molecule has 22 heavy (non-hydrogen) atoms. The number of carbonyl (C=O) groups is 1. The second kappa shape index (κ2) is 6.17. The van der Waals surface area contributed by atoms with Gasteiger partial charge in [0.2, 0.25) is 11.9 Å². The summed E-state index contributed by atoms with van der Waals surface area (Å²) in [7, 11) is 1.61. The van der Waals surface area contributed by atoms with Crippen LogP contribution < -0.4 is 10.1 Å². The zero-order valence-electron chi connectivity index (χ0n) is 12.8. The van der Waals surface area contributed by atoms with Crippen molar-refractivity contribution < 1.29 is 9.53 Å². The van der Waals surface area contributed by atoms with Crippen LogP contribution in [0.2, 0.25) is 0 Å². The Labute approximate surface area is 129 Å². The number of aromatic nitrogens is 3. The number of methoxy groups -OCH3 is 1. The Morgan fingerprint density at radius 1 is 1.45 bits per heavy atom. The van der Waals surface area contributed by atoms with E-state index in [-0.39, 0.29) is 5.91 Å². The molecular formula is C16H20N4O2. The number of para-hydroxylation sites is 1. The van der Waals surface area contributed by atoms with Crippen molar-refractivity contribution >= 4 is 11.9 Å². The molecule has 6 heteroatoms. The third kappa shape index (κ3) is 3.27. The van der Waals surface area contributed by atoms with Crippen molar-refractivity contribution in [2.24, 2.45) is 11.8 Å². The van der Waals surface area contributed by atoms with Gasteiger partial charge in [-0.3, -0.25) is 15.2 Å². The predicted octanol–water partition coefficient (Wildman–Crippen LogP) is 2.86. The first-order chi connectivity index (χ1) is 10.7. The van der Waals surface area contributed by atoms with Crippen molar-refractivity contribution in [1.29, 1.82) is 0 Å². The van der Waals surface area contributed by atoms with Crippen LogP contribution in [-0.4, -0.2) is 28.2 Å². The van der Waals surface area contributed by atoms with E-state index in [1.54, 1.807) is 7.11 Å². The monoisotopic (exact) mass is 300 g/mol. The van der Waals surface area contributed by atoms with Crippen LogP contribution in [-0.2, 0) is 4.79 Å². The lowest BCUT2D eigenvalue weighted by atomic mass is 10.0. The van der Waals surface area contributed by atoms with Crippen molar-refractivity contribution in [2.45, 2.75) is 26.2 Å². The maximum absolute atomic E-state index is 12.0. The number of ether oxygens (including phenoxy) is 1. The standard InChI is InChI=1S/C16H20N4O2/c1-10(11-7-8-11)9-14(21)17-16-18-15(19-20-16)12-5-3-4-6-13(12)22-2/h3-6,10-11H,7-9H2,1-2H3,(H2,17,18,19,20,21). The maximum atomic E-state index is 12.0. The normalized spacial score (nSPS) is 15.4. The maximum Gasteiger partial charge on any atom is 0.249 e. The molecule has 1 saturated carbocycles. The summed E-state index contributed by atoms with van der Waals surface area (Å²) in [6, 6.07) is 7.53. The van der Waals surface area contributed by atoms with Crippen LogP contribution in [0, 0.1) is 11.8 Å². The fraction of sp³-hybridized carbons (Fsp3) is 0.438. The molecule has 1 amide bonds. The molecule has 1 unspecified atom stereocenters. The van der Waals surface area contributed by atoms with Gasteiger partial charge in [-0.05, 0) is 36.8 Å². The highest BCUT2D eigenvalue weighted by Crippen LogP contribution is 2.38. The van der Waals surface area contributed by atoms with Gasteiger partial charge in [0.15, 0.2) is 5.82 Å². The molecule has 0 saturated heterocycles. The lowest BCUT2D eigenvalue weighted by Gasteiger charge is -2.08. The summed E-state index contributed by atoms with van der Waals surface area (Å²) in [5.74, 6) is 2.68. The van der Waals surface area contributed by atoms with Crippen LogP contribution in [0.15, 0.2) is 24.3 Å². The summed E-state index contributed by atoms with van der Waals surface area (Å²) in [4.78, 5) is 16.3. The van der Waals surface area contributed by atoms with E-state index in [1.165, 1.54) is 12.8 Å². The number of nitrogens with zero attached hydrogens (tertiary/aromatic N) is 2. The number of aromatic amines is 1. The molecule has 1 aliphatic carbocycles. The number of H-pyrrole nitrogens is 1. The van der Waals surface area contributed by atoms with E-state index in [2.05, 4.69) is 27.4 Å². The van der Waals surface area contributed by atoms with E-state index in [9.17, 15) is 4.79 Å². The molecule has 0 bridgehead atoms. The van der Waals surface area contributed by atoms with Gasteiger partial charge in [0.1, 0.15) is 5.75 Å². The zero-order chi connectivity index (χ0) is 15.5. The number of anilines is 1. The van der Waals surface area contributed by atoms with Crippen molar-refractivity contribution in [2.75, 3.05) is 12.4 Å². The molecule has 116 valence electrons. The summed E-state index contributed by atoms with van der Waals surface area (Å²) >= 11 is 0. The fourth-order valence-corrected chi connectivity index (χ4v) is 2.58. The van der Waals surface area contributed by atoms with Crippen molar-refractivity contribution in [1.82, 2.24) is 15.2 Å². The zero-order valence-corrected chi connectivity index (χ0v) is 12.8. The third-order valence-electron chi connectivity index (χ3n) is 4.03. The van der Waals surface area contributed by atoms with E-state index >= 15 is 0 Å². The summed E-state index contributed by atoms with van der Waals surface area (Å²) in [6.45, 7) is 2.12. The predicted molar refractivity (Wildman–Crippen MR) is 83.5 cm³/mol. The number of hydrogen-bond donors (Lipinski definition) is 2. The molecule has 2 aromatic rings. The Balaban J connectivity index is 1.67. The van der Waals surface area contributed by atoms with Crippen molar-refractivity contribution in [3.8, 4) is 17.1 Å². The first-order valence-corrected chi connectivity index (χ1v) is 7.53. The van der Waals surface area contributed by atoms with E-state index in [4.69, 9.17) is 4.74 Å². The highest BCUT2D eigenvalue weighted by atomic mass is 16.5. The lowest BCUT2D eigenvalue weighted by Crippen LogP contribution is -2.16. The van der Waals surface area contributed by atoms with E-state index < -0.39 is 0 Å². The van der Waals surface area contributed by atoms with E-state index in [0.717, 1.165) is 5.56 Å². The van der Waals surface area contributed by atoms with Crippen LogP contribution in [0.1, 0.15) is 26.2 Å². The van der Waals surface area contributed by atoms with Crippen LogP contribution in [0.4, 0.5) is 5.95 Å². The molecule has 2 N–H and O–H groups in total. The molecule has 0 aliphatic heterocycles. The number of nitrogens with one attached hydrogen (secondary N) is 2. The number of carbonyl (C=O) groups excluding carboxylic acids is 1. The fourth-order valence-electron chi connectivity index (χ4n) is 2.58. The van der Waals surface area contributed by atoms with Gasteiger partial charge >= 0.3 is 0 Å². The van der Waals surface area contributed by atoms with Gasteiger partial charge in [-0.15, -0.1) is 5.10 Å². The topological polar surface area (TPSA) is 79.9 Å². The average Bonchev–Trinajstić information content (AvgIpc) is 3.28. The van der Waals surface area contributed by atoms with Crippen molar-refractivity contribution in [3.05, 3.63) is 24.3 Å². The van der Waals surface area contributed by atoms with Crippen LogP contribution >= 0.6 is 0 Å². The molecule has 0 radical (unpaired) electrons. The molecule has 1 heterocycles. The molecule has 1 aromatic carbocycles.